The van der Waals surface area contributed by atoms with E-state index < -0.39 is 0 Å². The molecular formula is C17H25N. The molecule has 1 heteroatoms. The van der Waals surface area contributed by atoms with Crippen molar-refractivity contribution in [2.45, 2.75) is 57.4 Å². The van der Waals surface area contributed by atoms with Crippen molar-refractivity contribution >= 4 is 0 Å². The monoisotopic (exact) mass is 243 g/mol. The minimum absolute atomic E-state index is 0.787. The summed E-state index contributed by atoms with van der Waals surface area (Å²) in [5.41, 5.74) is 3.05. The van der Waals surface area contributed by atoms with Crippen LogP contribution in [0.15, 0.2) is 24.3 Å². The summed E-state index contributed by atoms with van der Waals surface area (Å²) in [5, 5.41) is 3.78. The summed E-state index contributed by atoms with van der Waals surface area (Å²) in [6.45, 7) is 3.51. The van der Waals surface area contributed by atoms with Crippen LogP contribution in [0.2, 0.25) is 0 Å². The van der Waals surface area contributed by atoms with Crippen LogP contribution in [0.4, 0.5) is 0 Å². The lowest BCUT2D eigenvalue weighted by Gasteiger charge is -2.37. The molecule has 0 aromatic heterocycles. The van der Waals surface area contributed by atoms with Gasteiger partial charge in [0.15, 0.2) is 0 Å². The van der Waals surface area contributed by atoms with E-state index in [0.717, 1.165) is 17.9 Å². The maximum atomic E-state index is 3.78. The molecule has 0 unspecified atom stereocenters. The first-order chi connectivity index (χ1) is 8.83. The van der Waals surface area contributed by atoms with Gasteiger partial charge in [-0.05, 0) is 62.1 Å². The second kappa shape index (κ2) is 5.44. The van der Waals surface area contributed by atoms with Crippen molar-refractivity contribution < 1.29 is 0 Å². The van der Waals surface area contributed by atoms with Gasteiger partial charge in [-0.15, -0.1) is 0 Å². The molecule has 2 fully saturated rings. The highest BCUT2D eigenvalue weighted by atomic mass is 14.9. The summed E-state index contributed by atoms with van der Waals surface area (Å²) in [6, 6.07) is 9.67. The lowest BCUT2D eigenvalue weighted by atomic mass is 9.74. The number of rotatable bonds is 4. The van der Waals surface area contributed by atoms with Crippen LogP contribution >= 0.6 is 0 Å². The van der Waals surface area contributed by atoms with E-state index in [2.05, 4.69) is 36.5 Å². The summed E-state index contributed by atoms with van der Waals surface area (Å²) in [7, 11) is 0. The van der Waals surface area contributed by atoms with Crippen molar-refractivity contribution in [2.75, 3.05) is 6.54 Å². The van der Waals surface area contributed by atoms with Crippen LogP contribution in [-0.2, 0) is 0 Å². The molecule has 2 saturated carbocycles. The molecule has 0 atom stereocenters. The van der Waals surface area contributed by atoms with Crippen molar-refractivity contribution in [3.8, 4) is 0 Å². The molecule has 3 rings (SSSR count). The van der Waals surface area contributed by atoms with Gasteiger partial charge in [-0.25, -0.2) is 0 Å². The SMILES string of the molecule is Cc1ccccc1C1CC(NCC2CCCC2)C1. The van der Waals surface area contributed by atoms with Crippen molar-refractivity contribution in [1.82, 2.24) is 5.32 Å². The molecule has 0 heterocycles. The molecule has 1 aromatic rings. The first kappa shape index (κ1) is 12.2. The zero-order valence-electron chi connectivity index (χ0n) is 11.5. The van der Waals surface area contributed by atoms with E-state index in [0.29, 0.717) is 0 Å². The Morgan fingerprint density at radius 3 is 2.56 bits per heavy atom. The standard InChI is InChI=1S/C17H25N/c1-13-6-2-5-9-17(13)15-10-16(11-15)18-12-14-7-3-4-8-14/h2,5-6,9,14-16,18H,3-4,7-8,10-12H2,1H3. The van der Waals surface area contributed by atoms with Gasteiger partial charge in [0, 0.05) is 6.04 Å². The molecule has 0 amide bonds. The zero-order chi connectivity index (χ0) is 12.4. The number of benzene rings is 1. The summed E-state index contributed by atoms with van der Waals surface area (Å²) in [6.07, 6.45) is 8.53. The Kier molecular flexibility index (Phi) is 3.69. The van der Waals surface area contributed by atoms with Gasteiger partial charge >= 0.3 is 0 Å². The van der Waals surface area contributed by atoms with Crippen LogP contribution in [0.5, 0.6) is 0 Å². The quantitative estimate of drug-likeness (QED) is 0.842. The first-order valence-electron chi connectivity index (χ1n) is 7.62. The third-order valence-electron chi connectivity index (χ3n) is 4.94. The Balaban J connectivity index is 1.44. The number of aryl methyl sites for hydroxylation is 1. The lowest BCUT2D eigenvalue weighted by Crippen LogP contribution is -2.42. The van der Waals surface area contributed by atoms with E-state index in [9.17, 15) is 0 Å². The van der Waals surface area contributed by atoms with E-state index >= 15 is 0 Å². The molecule has 0 saturated heterocycles. The first-order valence-corrected chi connectivity index (χ1v) is 7.62. The Hall–Kier alpha value is -0.820. The molecular weight excluding hydrogens is 218 g/mol. The molecule has 0 bridgehead atoms. The van der Waals surface area contributed by atoms with Crippen LogP contribution in [0, 0.1) is 12.8 Å². The van der Waals surface area contributed by atoms with Crippen LogP contribution in [0.3, 0.4) is 0 Å². The molecule has 98 valence electrons. The Bertz CT molecular complexity index is 386. The Morgan fingerprint density at radius 2 is 1.83 bits per heavy atom. The predicted octanol–water partition coefficient (Wildman–Crippen LogP) is 4.02. The third kappa shape index (κ3) is 2.61. The van der Waals surface area contributed by atoms with Gasteiger partial charge in [-0.3, -0.25) is 0 Å². The molecule has 2 aliphatic rings. The molecule has 0 spiro atoms. The highest BCUT2D eigenvalue weighted by Crippen LogP contribution is 2.38. The third-order valence-corrected chi connectivity index (χ3v) is 4.94. The molecule has 1 aromatic carbocycles. The molecule has 0 radical (unpaired) electrons. The van der Waals surface area contributed by atoms with Crippen LogP contribution in [0.25, 0.3) is 0 Å². The number of hydrogen-bond acceptors (Lipinski definition) is 1. The summed E-state index contributed by atoms with van der Waals surface area (Å²) in [5.74, 6) is 1.79. The molecule has 2 aliphatic carbocycles. The molecule has 0 aliphatic heterocycles. The lowest BCUT2D eigenvalue weighted by molar-refractivity contribution is 0.275. The maximum absolute atomic E-state index is 3.78. The van der Waals surface area contributed by atoms with Crippen molar-refractivity contribution in [2.24, 2.45) is 5.92 Å². The maximum Gasteiger partial charge on any atom is 0.00788 e. The average Bonchev–Trinajstić information content (AvgIpc) is 2.82. The number of hydrogen-bond donors (Lipinski definition) is 1. The molecule has 1 N–H and O–H groups in total. The predicted molar refractivity (Wildman–Crippen MR) is 76.9 cm³/mol. The highest BCUT2D eigenvalue weighted by Gasteiger charge is 2.31. The van der Waals surface area contributed by atoms with E-state index in [4.69, 9.17) is 0 Å². The average molecular weight is 243 g/mol. The fraction of sp³-hybridized carbons (Fsp3) is 0.647. The highest BCUT2D eigenvalue weighted by molar-refractivity contribution is 5.31. The smallest absolute Gasteiger partial charge is 0.00788 e. The van der Waals surface area contributed by atoms with Gasteiger partial charge in [0.25, 0.3) is 0 Å². The minimum Gasteiger partial charge on any atom is -0.314 e. The van der Waals surface area contributed by atoms with E-state index in [-0.39, 0.29) is 0 Å². The van der Waals surface area contributed by atoms with Crippen LogP contribution in [0.1, 0.15) is 55.6 Å². The topological polar surface area (TPSA) is 12.0 Å². The van der Waals surface area contributed by atoms with Gasteiger partial charge in [0.2, 0.25) is 0 Å². The Morgan fingerprint density at radius 1 is 1.11 bits per heavy atom. The molecule has 1 nitrogen and oxygen atoms in total. The number of nitrogens with one attached hydrogen (secondary N) is 1. The van der Waals surface area contributed by atoms with E-state index in [1.165, 1.54) is 50.6 Å². The minimum atomic E-state index is 0.787. The summed E-state index contributed by atoms with van der Waals surface area (Å²) >= 11 is 0. The van der Waals surface area contributed by atoms with Gasteiger partial charge in [-0.1, -0.05) is 37.1 Å². The van der Waals surface area contributed by atoms with Gasteiger partial charge in [0.05, 0.1) is 0 Å². The van der Waals surface area contributed by atoms with Crippen molar-refractivity contribution in [3.63, 3.8) is 0 Å². The van der Waals surface area contributed by atoms with Crippen LogP contribution < -0.4 is 5.32 Å². The van der Waals surface area contributed by atoms with E-state index in [1.54, 1.807) is 5.56 Å². The van der Waals surface area contributed by atoms with Crippen LogP contribution in [-0.4, -0.2) is 12.6 Å². The van der Waals surface area contributed by atoms with Crippen molar-refractivity contribution in [3.05, 3.63) is 35.4 Å². The van der Waals surface area contributed by atoms with E-state index in [1.807, 2.05) is 0 Å². The fourth-order valence-electron chi connectivity index (χ4n) is 3.63. The second-order valence-electron chi connectivity index (χ2n) is 6.28. The largest absolute Gasteiger partial charge is 0.314 e. The molecule has 18 heavy (non-hydrogen) atoms. The van der Waals surface area contributed by atoms with Gasteiger partial charge in [0.1, 0.15) is 0 Å². The summed E-state index contributed by atoms with van der Waals surface area (Å²) in [4.78, 5) is 0. The van der Waals surface area contributed by atoms with Gasteiger partial charge in [-0.2, -0.15) is 0 Å². The summed E-state index contributed by atoms with van der Waals surface area (Å²) < 4.78 is 0. The fourth-order valence-corrected chi connectivity index (χ4v) is 3.63. The normalized spacial score (nSPS) is 28.3. The second-order valence-corrected chi connectivity index (χ2v) is 6.28. The zero-order valence-corrected chi connectivity index (χ0v) is 11.5. The van der Waals surface area contributed by atoms with Gasteiger partial charge < -0.3 is 5.32 Å². The van der Waals surface area contributed by atoms with Crippen molar-refractivity contribution in [1.29, 1.82) is 0 Å². The Labute approximate surface area is 111 Å².